The summed E-state index contributed by atoms with van der Waals surface area (Å²) in [5.74, 6) is -0.449. The van der Waals surface area contributed by atoms with Crippen LogP contribution >= 0.6 is 0 Å². The molecule has 0 heterocycles. The van der Waals surface area contributed by atoms with Gasteiger partial charge < -0.3 is 15.2 Å². The van der Waals surface area contributed by atoms with Crippen molar-refractivity contribution in [3.05, 3.63) is 29.8 Å². The third-order valence-corrected chi connectivity index (χ3v) is 2.13. The Morgan fingerprint density at radius 2 is 2.18 bits per heavy atom. The number of nitrogens with two attached hydrogens (primary N) is 1. The van der Waals surface area contributed by atoms with Gasteiger partial charge in [0.05, 0.1) is 13.5 Å². The smallest absolute Gasteiger partial charge is 0.387 e. The Labute approximate surface area is 97.3 Å². The van der Waals surface area contributed by atoms with Crippen molar-refractivity contribution in [3.63, 3.8) is 0 Å². The molecular formula is C11H13F2NO3. The molecule has 0 spiro atoms. The molecule has 0 aliphatic heterocycles. The van der Waals surface area contributed by atoms with Crippen LogP contribution in [0.5, 0.6) is 5.75 Å². The quantitative estimate of drug-likeness (QED) is 0.804. The number of alkyl halides is 2. The number of methoxy groups -OCH3 is 1. The molecule has 4 nitrogen and oxygen atoms in total. The fourth-order valence-corrected chi connectivity index (χ4v) is 1.30. The van der Waals surface area contributed by atoms with Crippen molar-refractivity contribution in [2.45, 2.75) is 19.1 Å². The van der Waals surface area contributed by atoms with Gasteiger partial charge in [-0.25, -0.2) is 0 Å². The van der Waals surface area contributed by atoms with Crippen molar-refractivity contribution < 1.29 is 23.0 Å². The molecule has 0 aliphatic carbocycles. The summed E-state index contributed by atoms with van der Waals surface area (Å²) in [6.45, 7) is -2.89. The molecule has 0 radical (unpaired) electrons. The topological polar surface area (TPSA) is 61.5 Å². The van der Waals surface area contributed by atoms with E-state index in [0.29, 0.717) is 5.56 Å². The molecule has 0 aromatic heterocycles. The van der Waals surface area contributed by atoms with E-state index in [1.165, 1.54) is 25.3 Å². The first-order valence-corrected chi connectivity index (χ1v) is 4.90. The lowest BCUT2D eigenvalue weighted by Gasteiger charge is -2.12. The molecule has 0 unspecified atom stereocenters. The number of esters is 1. The van der Waals surface area contributed by atoms with E-state index < -0.39 is 18.6 Å². The highest BCUT2D eigenvalue weighted by atomic mass is 19.3. The van der Waals surface area contributed by atoms with Crippen LogP contribution in [0.1, 0.15) is 18.0 Å². The number of carbonyl (C=O) groups excluding carboxylic acids is 1. The highest BCUT2D eigenvalue weighted by molar-refractivity contribution is 5.70. The van der Waals surface area contributed by atoms with Crippen LogP contribution in [-0.4, -0.2) is 19.7 Å². The molecule has 1 aromatic carbocycles. The lowest BCUT2D eigenvalue weighted by molar-refractivity contribution is -0.141. The number of rotatable bonds is 5. The van der Waals surface area contributed by atoms with Gasteiger partial charge in [-0.15, -0.1) is 0 Å². The SMILES string of the molecule is COC(=O)C[C@H](N)c1cccc(OC(F)F)c1. The fraction of sp³-hybridized carbons (Fsp3) is 0.364. The van der Waals surface area contributed by atoms with E-state index in [2.05, 4.69) is 9.47 Å². The van der Waals surface area contributed by atoms with Crippen molar-refractivity contribution in [3.8, 4) is 5.75 Å². The maximum atomic E-state index is 12.0. The Balaban J connectivity index is 2.73. The Morgan fingerprint density at radius 1 is 1.47 bits per heavy atom. The molecule has 6 heteroatoms. The average Bonchev–Trinajstić information content (AvgIpc) is 2.28. The second kappa shape index (κ2) is 6.15. The van der Waals surface area contributed by atoms with Gasteiger partial charge >= 0.3 is 12.6 Å². The Bertz CT molecular complexity index is 385. The van der Waals surface area contributed by atoms with E-state index in [9.17, 15) is 13.6 Å². The summed E-state index contributed by atoms with van der Waals surface area (Å²) < 4.78 is 32.7. The van der Waals surface area contributed by atoms with Gasteiger partial charge in [0.15, 0.2) is 0 Å². The van der Waals surface area contributed by atoms with Crippen molar-refractivity contribution in [2.75, 3.05) is 7.11 Å². The van der Waals surface area contributed by atoms with Crippen LogP contribution in [0.3, 0.4) is 0 Å². The Hall–Kier alpha value is -1.69. The van der Waals surface area contributed by atoms with E-state index >= 15 is 0 Å². The van der Waals surface area contributed by atoms with Gasteiger partial charge in [-0.1, -0.05) is 12.1 Å². The lowest BCUT2D eigenvalue weighted by Crippen LogP contribution is -2.16. The van der Waals surface area contributed by atoms with E-state index in [-0.39, 0.29) is 12.2 Å². The third-order valence-electron chi connectivity index (χ3n) is 2.13. The summed E-state index contributed by atoms with van der Waals surface area (Å²) in [5, 5.41) is 0. The second-order valence-corrected chi connectivity index (χ2v) is 3.34. The summed E-state index contributed by atoms with van der Waals surface area (Å²) in [6, 6.07) is 5.32. The standard InChI is InChI=1S/C11H13F2NO3/c1-16-10(15)6-9(14)7-3-2-4-8(5-7)17-11(12)13/h2-5,9,11H,6,14H2,1H3/t9-/m0/s1. The summed E-state index contributed by atoms with van der Waals surface area (Å²) >= 11 is 0. The fourth-order valence-electron chi connectivity index (χ4n) is 1.30. The van der Waals surface area contributed by atoms with Crippen LogP contribution in [0.15, 0.2) is 24.3 Å². The van der Waals surface area contributed by atoms with E-state index in [4.69, 9.17) is 5.73 Å². The van der Waals surface area contributed by atoms with Gasteiger partial charge in [0, 0.05) is 6.04 Å². The molecule has 17 heavy (non-hydrogen) atoms. The molecule has 1 atom stereocenters. The highest BCUT2D eigenvalue weighted by Gasteiger charge is 2.13. The number of halogens is 2. The summed E-state index contributed by atoms with van der Waals surface area (Å²) in [4.78, 5) is 11.0. The molecular weight excluding hydrogens is 232 g/mol. The number of hydrogen-bond donors (Lipinski definition) is 1. The van der Waals surface area contributed by atoms with Crippen molar-refractivity contribution >= 4 is 5.97 Å². The summed E-state index contributed by atoms with van der Waals surface area (Å²) in [6.07, 6.45) is -0.0192. The number of ether oxygens (including phenoxy) is 2. The zero-order valence-corrected chi connectivity index (χ0v) is 9.23. The third kappa shape index (κ3) is 4.36. The van der Waals surface area contributed by atoms with Gasteiger partial charge in [0.2, 0.25) is 0 Å². The highest BCUT2D eigenvalue weighted by Crippen LogP contribution is 2.21. The van der Waals surface area contributed by atoms with Crippen LogP contribution in [-0.2, 0) is 9.53 Å². The molecule has 0 amide bonds. The zero-order chi connectivity index (χ0) is 12.8. The van der Waals surface area contributed by atoms with Crippen molar-refractivity contribution in [1.82, 2.24) is 0 Å². The molecule has 0 saturated carbocycles. The van der Waals surface area contributed by atoms with Gasteiger partial charge in [-0.2, -0.15) is 8.78 Å². The summed E-state index contributed by atoms with van der Waals surface area (Å²) in [7, 11) is 1.26. The van der Waals surface area contributed by atoms with E-state index in [0.717, 1.165) is 0 Å². The molecule has 0 bridgehead atoms. The second-order valence-electron chi connectivity index (χ2n) is 3.34. The monoisotopic (exact) mass is 245 g/mol. The first-order valence-electron chi connectivity index (χ1n) is 4.90. The molecule has 1 rings (SSSR count). The first-order chi connectivity index (χ1) is 8.02. The van der Waals surface area contributed by atoms with E-state index in [1.807, 2.05) is 0 Å². The predicted molar refractivity (Wildman–Crippen MR) is 56.6 cm³/mol. The predicted octanol–water partition coefficient (Wildman–Crippen LogP) is 1.85. The Morgan fingerprint density at radius 3 is 2.76 bits per heavy atom. The molecule has 1 aromatic rings. The van der Waals surface area contributed by atoms with Crippen LogP contribution < -0.4 is 10.5 Å². The largest absolute Gasteiger partial charge is 0.469 e. The van der Waals surface area contributed by atoms with Crippen LogP contribution in [0, 0.1) is 0 Å². The first kappa shape index (κ1) is 13.4. The van der Waals surface area contributed by atoms with Crippen molar-refractivity contribution in [1.29, 1.82) is 0 Å². The van der Waals surface area contributed by atoms with Crippen molar-refractivity contribution in [2.24, 2.45) is 5.73 Å². The molecule has 0 aliphatic rings. The molecule has 0 saturated heterocycles. The van der Waals surface area contributed by atoms with Gasteiger partial charge in [-0.3, -0.25) is 4.79 Å². The molecule has 94 valence electrons. The normalized spacial score (nSPS) is 12.3. The average molecular weight is 245 g/mol. The van der Waals surface area contributed by atoms with Gasteiger partial charge in [0.1, 0.15) is 5.75 Å². The molecule has 0 fully saturated rings. The minimum absolute atomic E-state index is 0.0119. The number of benzene rings is 1. The van der Waals surface area contributed by atoms with Crippen LogP contribution in [0.4, 0.5) is 8.78 Å². The Kier molecular flexibility index (Phi) is 4.84. The maximum absolute atomic E-state index is 12.0. The van der Waals surface area contributed by atoms with E-state index in [1.54, 1.807) is 6.07 Å². The van der Waals surface area contributed by atoms with Crippen LogP contribution in [0.25, 0.3) is 0 Å². The zero-order valence-electron chi connectivity index (χ0n) is 9.23. The maximum Gasteiger partial charge on any atom is 0.387 e. The van der Waals surface area contributed by atoms with Gasteiger partial charge in [0.25, 0.3) is 0 Å². The summed E-state index contributed by atoms with van der Waals surface area (Å²) in [5.41, 5.74) is 6.26. The lowest BCUT2D eigenvalue weighted by atomic mass is 10.0. The van der Waals surface area contributed by atoms with Crippen LogP contribution in [0.2, 0.25) is 0 Å². The van der Waals surface area contributed by atoms with Gasteiger partial charge in [-0.05, 0) is 17.7 Å². The minimum atomic E-state index is -2.89. The number of carbonyl (C=O) groups is 1. The molecule has 2 N–H and O–H groups in total. The number of hydrogen-bond acceptors (Lipinski definition) is 4. The minimum Gasteiger partial charge on any atom is -0.469 e.